The van der Waals surface area contributed by atoms with E-state index < -0.39 is 12.5 Å². The number of aromatic amines is 1. The van der Waals surface area contributed by atoms with E-state index in [0.717, 1.165) is 41.3 Å². The second-order valence-electron chi connectivity index (χ2n) is 6.71. The van der Waals surface area contributed by atoms with Gasteiger partial charge in [-0.1, -0.05) is 0 Å². The minimum Gasteiger partial charge on any atom is -0.385 e. The molecular weight excluding hydrogens is 328 g/mol. The fourth-order valence-corrected chi connectivity index (χ4v) is 3.91. The Morgan fingerprint density at radius 3 is 3.04 bits per heavy atom. The van der Waals surface area contributed by atoms with Crippen LogP contribution in [0.3, 0.4) is 0 Å². The molecule has 0 aromatic carbocycles. The molecule has 3 aromatic heterocycles. The monoisotopic (exact) mass is 349 g/mol. The Labute approximate surface area is 143 Å². The molecule has 1 fully saturated rings. The average Bonchev–Trinajstić information content (AvgIpc) is 3.28. The second kappa shape index (κ2) is 6.34. The predicted molar refractivity (Wildman–Crippen MR) is 90.7 cm³/mol. The highest BCUT2D eigenvalue weighted by molar-refractivity contribution is 6.01. The number of nitrogens with zero attached hydrogens (tertiary/aromatic N) is 3. The van der Waals surface area contributed by atoms with E-state index in [1.54, 1.807) is 13.1 Å². The molecule has 0 spiro atoms. The van der Waals surface area contributed by atoms with Crippen LogP contribution in [0.15, 0.2) is 18.5 Å². The number of fused-ring (bicyclic) bond motifs is 3. The summed E-state index contributed by atoms with van der Waals surface area (Å²) >= 11 is 0. The minimum atomic E-state index is -2.34. The Bertz CT molecular complexity index is 888. The quantitative estimate of drug-likeness (QED) is 0.662. The van der Waals surface area contributed by atoms with Gasteiger partial charge in [0.15, 0.2) is 0 Å². The van der Waals surface area contributed by atoms with Gasteiger partial charge in [-0.15, -0.1) is 0 Å². The summed E-state index contributed by atoms with van der Waals surface area (Å²) in [5.74, 6) is 0.602. The molecule has 1 aliphatic carbocycles. The first kappa shape index (κ1) is 16.4. The molecule has 3 unspecified atom stereocenters. The van der Waals surface area contributed by atoms with Gasteiger partial charge in [-0.25, -0.2) is 18.7 Å². The third-order valence-corrected chi connectivity index (χ3v) is 4.97. The SMILES string of the molecule is CC(O)c1nc2cnc3[nH]ccc3c2n1C1CCC(NCC(F)F)C1. The lowest BCUT2D eigenvalue weighted by Gasteiger charge is -2.19. The van der Waals surface area contributed by atoms with E-state index >= 15 is 0 Å². The molecule has 6 nitrogen and oxygen atoms in total. The Morgan fingerprint density at radius 2 is 2.28 bits per heavy atom. The van der Waals surface area contributed by atoms with Crippen LogP contribution >= 0.6 is 0 Å². The van der Waals surface area contributed by atoms with Crippen molar-refractivity contribution in [1.82, 2.24) is 24.8 Å². The summed E-state index contributed by atoms with van der Waals surface area (Å²) in [6.45, 7) is 1.41. The number of aliphatic hydroxyl groups excluding tert-OH is 1. The van der Waals surface area contributed by atoms with E-state index in [1.807, 2.05) is 12.3 Å². The molecule has 0 bridgehead atoms. The number of rotatable bonds is 5. The van der Waals surface area contributed by atoms with Crippen LogP contribution in [0.5, 0.6) is 0 Å². The number of hydrogen-bond donors (Lipinski definition) is 3. The zero-order valence-electron chi connectivity index (χ0n) is 13.9. The van der Waals surface area contributed by atoms with E-state index in [0.29, 0.717) is 5.82 Å². The number of pyridine rings is 1. The number of aromatic nitrogens is 4. The smallest absolute Gasteiger partial charge is 0.250 e. The number of hydrogen-bond acceptors (Lipinski definition) is 4. The topological polar surface area (TPSA) is 78.8 Å². The van der Waals surface area contributed by atoms with Crippen molar-refractivity contribution in [2.75, 3.05) is 6.54 Å². The Hall–Kier alpha value is -2.06. The normalized spacial score (nSPS) is 22.4. The van der Waals surface area contributed by atoms with E-state index in [-0.39, 0.29) is 18.6 Å². The van der Waals surface area contributed by atoms with E-state index in [1.165, 1.54) is 0 Å². The standard InChI is InChI=1S/C17H21F2N5O/c1-9(25)17-23-13-7-22-16-12(4-5-20-16)15(13)24(17)11-3-2-10(6-11)21-8-14(18)19/h4-5,7,9-11,14,21,25H,2-3,6,8H2,1H3,(H,20,22). The van der Waals surface area contributed by atoms with Gasteiger partial charge in [0.2, 0.25) is 0 Å². The molecule has 4 rings (SSSR count). The Kier molecular flexibility index (Phi) is 4.16. The van der Waals surface area contributed by atoms with Crippen molar-refractivity contribution in [3.05, 3.63) is 24.3 Å². The van der Waals surface area contributed by atoms with Crippen molar-refractivity contribution in [2.45, 2.75) is 50.8 Å². The maximum atomic E-state index is 12.5. The first-order chi connectivity index (χ1) is 12.0. The molecule has 0 aliphatic heterocycles. The van der Waals surface area contributed by atoms with Gasteiger partial charge >= 0.3 is 0 Å². The van der Waals surface area contributed by atoms with Crippen molar-refractivity contribution >= 4 is 22.1 Å². The lowest BCUT2D eigenvalue weighted by atomic mass is 10.2. The van der Waals surface area contributed by atoms with E-state index in [2.05, 4.69) is 24.8 Å². The molecular formula is C17H21F2N5O. The van der Waals surface area contributed by atoms with Crippen LogP contribution in [-0.4, -0.2) is 43.6 Å². The zero-order chi connectivity index (χ0) is 17.6. The number of halogens is 2. The van der Waals surface area contributed by atoms with Crippen LogP contribution in [0.4, 0.5) is 8.78 Å². The number of aliphatic hydroxyl groups is 1. The van der Waals surface area contributed by atoms with E-state index in [9.17, 15) is 13.9 Å². The first-order valence-electron chi connectivity index (χ1n) is 8.58. The van der Waals surface area contributed by atoms with Crippen LogP contribution in [0.25, 0.3) is 22.1 Å². The van der Waals surface area contributed by atoms with Gasteiger partial charge in [0, 0.05) is 23.7 Å². The summed E-state index contributed by atoms with van der Waals surface area (Å²) in [5.41, 5.74) is 2.46. The molecule has 0 radical (unpaired) electrons. The fourth-order valence-electron chi connectivity index (χ4n) is 3.91. The molecule has 8 heteroatoms. The van der Waals surface area contributed by atoms with Crippen molar-refractivity contribution in [2.24, 2.45) is 0 Å². The number of imidazole rings is 1. The Morgan fingerprint density at radius 1 is 1.44 bits per heavy atom. The summed E-state index contributed by atoms with van der Waals surface area (Å²) in [7, 11) is 0. The van der Waals surface area contributed by atoms with Gasteiger partial charge in [0.25, 0.3) is 6.43 Å². The molecule has 0 amide bonds. The number of alkyl halides is 2. The number of H-pyrrole nitrogens is 1. The average molecular weight is 349 g/mol. The maximum Gasteiger partial charge on any atom is 0.250 e. The summed E-state index contributed by atoms with van der Waals surface area (Å²) in [5, 5.41) is 14.1. The van der Waals surface area contributed by atoms with Gasteiger partial charge in [0.05, 0.1) is 18.3 Å². The first-order valence-corrected chi connectivity index (χ1v) is 8.58. The van der Waals surface area contributed by atoms with Gasteiger partial charge in [0.1, 0.15) is 23.1 Å². The predicted octanol–water partition coefficient (Wildman–Crippen LogP) is 2.91. The molecule has 3 N–H and O–H groups in total. The van der Waals surface area contributed by atoms with Gasteiger partial charge < -0.3 is 20.0 Å². The highest BCUT2D eigenvalue weighted by atomic mass is 19.3. The third kappa shape index (κ3) is 2.89. The molecule has 3 atom stereocenters. The molecule has 1 aliphatic rings. The van der Waals surface area contributed by atoms with E-state index in [4.69, 9.17) is 0 Å². The van der Waals surface area contributed by atoms with Crippen molar-refractivity contribution in [1.29, 1.82) is 0 Å². The summed E-state index contributed by atoms with van der Waals surface area (Å²) in [6, 6.07) is 2.13. The second-order valence-corrected chi connectivity index (χ2v) is 6.71. The molecule has 25 heavy (non-hydrogen) atoms. The third-order valence-electron chi connectivity index (χ3n) is 4.97. The molecule has 3 heterocycles. The molecule has 0 saturated heterocycles. The highest BCUT2D eigenvalue weighted by Crippen LogP contribution is 2.37. The van der Waals surface area contributed by atoms with Gasteiger partial charge in [-0.3, -0.25) is 0 Å². The van der Waals surface area contributed by atoms with Crippen LogP contribution in [0.1, 0.15) is 44.2 Å². The van der Waals surface area contributed by atoms with Gasteiger partial charge in [-0.2, -0.15) is 0 Å². The van der Waals surface area contributed by atoms with Crippen LogP contribution in [0.2, 0.25) is 0 Å². The Balaban J connectivity index is 1.75. The highest BCUT2D eigenvalue weighted by Gasteiger charge is 2.30. The summed E-state index contributed by atoms with van der Waals surface area (Å²) < 4.78 is 27.0. The van der Waals surface area contributed by atoms with Crippen molar-refractivity contribution < 1.29 is 13.9 Å². The summed E-state index contributed by atoms with van der Waals surface area (Å²) in [4.78, 5) is 12.0. The lowest BCUT2D eigenvalue weighted by molar-refractivity contribution is 0.141. The minimum absolute atomic E-state index is 0.0573. The van der Waals surface area contributed by atoms with Crippen LogP contribution in [-0.2, 0) is 0 Å². The largest absolute Gasteiger partial charge is 0.385 e. The molecule has 1 saturated carbocycles. The lowest BCUT2D eigenvalue weighted by Crippen LogP contribution is -2.31. The van der Waals surface area contributed by atoms with Crippen LogP contribution < -0.4 is 5.32 Å². The number of nitrogens with one attached hydrogen (secondary N) is 2. The fraction of sp³-hybridized carbons (Fsp3) is 0.529. The van der Waals surface area contributed by atoms with Gasteiger partial charge in [-0.05, 0) is 32.3 Å². The molecule has 134 valence electrons. The van der Waals surface area contributed by atoms with Crippen molar-refractivity contribution in [3.8, 4) is 0 Å². The van der Waals surface area contributed by atoms with Crippen molar-refractivity contribution in [3.63, 3.8) is 0 Å². The van der Waals surface area contributed by atoms with Crippen LogP contribution in [0, 0.1) is 0 Å². The molecule has 3 aromatic rings. The maximum absolute atomic E-state index is 12.5. The summed E-state index contributed by atoms with van der Waals surface area (Å²) in [6.07, 6.45) is 2.92. The zero-order valence-corrected chi connectivity index (χ0v) is 13.9.